The first-order chi connectivity index (χ1) is 14.6. The van der Waals surface area contributed by atoms with E-state index in [0.717, 1.165) is 18.2 Å². The summed E-state index contributed by atoms with van der Waals surface area (Å²) >= 11 is 0. The number of aromatic amines is 1. The van der Waals surface area contributed by atoms with E-state index in [-0.39, 0.29) is 41.4 Å². The van der Waals surface area contributed by atoms with Crippen LogP contribution in [-0.4, -0.2) is 34.8 Å². The summed E-state index contributed by atoms with van der Waals surface area (Å²) in [6, 6.07) is 6.02. The summed E-state index contributed by atoms with van der Waals surface area (Å²) < 4.78 is 67.6. The fourth-order valence-corrected chi connectivity index (χ4v) is 4.76. The molecule has 2 aliphatic rings. The number of hydrogen-bond donors (Lipinski definition) is 2. The minimum absolute atomic E-state index is 0.0666. The molecule has 0 bridgehead atoms. The molecule has 162 valence electrons. The lowest BCUT2D eigenvalue weighted by Gasteiger charge is -2.58. The molecule has 0 radical (unpaired) electrons. The molecule has 0 atom stereocenters. The highest BCUT2D eigenvalue weighted by atomic mass is 19.3. The zero-order valence-corrected chi connectivity index (χ0v) is 16.2. The van der Waals surface area contributed by atoms with Crippen molar-refractivity contribution in [2.24, 2.45) is 5.41 Å². The quantitative estimate of drug-likeness (QED) is 0.563. The Labute approximate surface area is 174 Å². The molecule has 1 saturated carbocycles. The van der Waals surface area contributed by atoms with E-state index in [4.69, 9.17) is 0 Å². The molecule has 2 aromatic carbocycles. The zero-order chi connectivity index (χ0) is 22.0. The van der Waals surface area contributed by atoms with E-state index in [1.54, 1.807) is 0 Å². The molecule has 2 heterocycles. The van der Waals surface area contributed by atoms with Crippen molar-refractivity contribution in [3.05, 3.63) is 65.1 Å². The monoisotopic (exact) mass is 435 g/mol. The van der Waals surface area contributed by atoms with Gasteiger partial charge in [0.2, 0.25) is 5.92 Å². The zero-order valence-electron chi connectivity index (χ0n) is 16.2. The number of amides is 1. The molecule has 1 saturated heterocycles. The van der Waals surface area contributed by atoms with Crippen LogP contribution in [0.25, 0.3) is 10.9 Å². The number of carbonyl (C=O) groups is 1. The van der Waals surface area contributed by atoms with E-state index in [1.807, 2.05) is 4.90 Å². The number of benzene rings is 2. The number of nitrogens with one attached hydrogen (secondary N) is 2. The maximum absolute atomic E-state index is 14.5. The molecular formula is C22H18F5N3O. The Morgan fingerprint density at radius 1 is 1.03 bits per heavy atom. The van der Waals surface area contributed by atoms with Gasteiger partial charge in [0.1, 0.15) is 5.82 Å². The normalized spacial score (nSPS) is 19.3. The van der Waals surface area contributed by atoms with Gasteiger partial charge < -0.3 is 10.3 Å². The van der Waals surface area contributed by atoms with Crippen molar-refractivity contribution in [3.8, 4) is 0 Å². The van der Waals surface area contributed by atoms with Gasteiger partial charge in [-0.1, -0.05) is 6.07 Å². The topological polar surface area (TPSA) is 48.1 Å². The van der Waals surface area contributed by atoms with Crippen LogP contribution in [0.15, 0.2) is 36.5 Å². The van der Waals surface area contributed by atoms with Gasteiger partial charge in [-0.15, -0.1) is 0 Å². The molecule has 2 fully saturated rings. The Hall–Kier alpha value is -2.94. The summed E-state index contributed by atoms with van der Waals surface area (Å²) in [5.74, 6) is -5.80. The summed E-state index contributed by atoms with van der Waals surface area (Å²) in [5, 5.41) is 2.85. The molecule has 1 amide bonds. The average Bonchev–Trinajstić information content (AvgIpc) is 3.02. The minimum Gasteiger partial charge on any atom is -0.359 e. The third-order valence-electron chi connectivity index (χ3n) is 6.07. The molecule has 5 rings (SSSR count). The molecule has 1 aliphatic heterocycles. The van der Waals surface area contributed by atoms with Crippen molar-refractivity contribution >= 4 is 22.5 Å². The third-order valence-corrected chi connectivity index (χ3v) is 6.07. The molecule has 31 heavy (non-hydrogen) atoms. The molecule has 4 nitrogen and oxygen atoms in total. The van der Waals surface area contributed by atoms with Crippen LogP contribution in [0.1, 0.15) is 28.8 Å². The van der Waals surface area contributed by atoms with E-state index < -0.39 is 29.3 Å². The fourth-order valence-electron chi connectivity index (χ4n) is 4.76. The summed E-state index contributed by atoms with van der Waals surface area (Å²) in [6.07, 6.45) is 1.18. The molecular weight excluding hydrogens is 417 g/mol. The van der Waals surface area contributed by atoms with Crippen molar-refractivity contribution in [1.29, 1.82) is 0 Å². The minimum atomic E-state index is -2.57. The highest BCUT2D eigenvalue weighted by Gasteiger charge is 2.61. The number of fused-ring (bicyclic) bond motifs is 1. The van der Waals surface area contributed by atoms with Crippen LogP contribution in [0, 0.1) is 22.9 Å². The largest absolute Gasteiger partial charge is 0.359 e. The number of anilines is 1. The van der Waals surface area contributed by atoms with Crippen LogP contribution in [0.5, 0.6) is 0 Å². The van der Waals surface area contributed by atoms with E-state index in [0.29, 0.717) is 24.2 Å². The van der Waals surface area contributed by atoms with Gasteiger partial charge in [-0.3, -0.25) is 9.69 Å². The molecule has 1 aromatic heterocycles. The van der Waals surface area contributed by atoms with Gasteiger partial charge >= 0.3 is 0 Å². The van der Waals surface area contributed by atoms with Crippen LogP contribution in [0.3, 0.4) is 0 Å². The lowest BCUT2D eigenvalue weighted by molar-refractivity contribution is -0.215. The second-order valence-corrected chi connectivity index (χ2v) is 8.63. The Bertz CT molecular complexity index is 1190. The van der Waals surface area contributed by atoms with Crippen LogP contribution in [0.4, 0.5) is 27.6 Å². The number of likely N-dealkylation sites (tertiary alicyclic amines) is 1. The van der Waals surface area contributed by atoms with E-state index in [1.165, 1.54) is 18.3 Å². The lowest BCUT2D eigenvalue weighted by Crippen LogP contribution is -2.65. The van der Waals surface area contributed by atoms with E-state index in [2.05, 4.69) is 10.3 Å². The first kappa shape index (κ1) is 20.0. The smallest absolute Gasteiger partial charge is 0.255 e. The van der Waals surface area contributed by atoms with Crippen molar-refractivity contribution in [1.82, 2.24) is 9.88 Å². The number of nitrogens with zero attached hydrogens (tertiary/aromatic N) is 1. The first-order valence-corrected chi connectivity index (χ1v) is 9.79. The van der Waals surface area contributed by atoms with Crippen molar-refractivity contribution in [2.45, 2.75) is 25.3 Å². The fraction of sp³-hybridized carbons (Fsp3) is 0.318. The number of rotatable bonds is 4. The summed E-state index contributed by atoms with van der Waals surface area (Å²) in [4.78, 5) is 17.2. The average molecular weight is 435 g/mol. The predicted octanol–water partition coefficient (Wildman–Crippen LogP) is 5.07. The Morgan fingerprint density at radius 2 is 1.74 bits per heavy atom. The maximum atomic E-state index is 14.5. The standard InChI is InChI=1S/C22H18F5N3O/c23-15-3-12(1-2-13(15)7-30-10-21(11-30)8-22(26,27)9-21)20(31)29-19-6-28-18-5-17(25)16(24)4-14(18)19/h1-6,28H,7-11H2,(H,29,31). The SMILES string of the molecule is O=C(Nc1c[nH]c2cc(F)c(F)cc12)c1ccc(CN2CC3(C2)CC(F)(F)C3)c(F)c1. The number of carbonyl (C=O) groups excluding carboxylic acids is 1. The van der Waals surface area contributed by atoms with E-state index >= 15 is 0 Å². The third kappa shape index (κ3) is 3.56. The van der Waals surface area contributed by atoms with Gasteiger partial charge in [-0.05, 0) is 18.2 Å². The van der Waals surface area contributed by atoms with Crippen molar-refractivity contribution in [3.63, 3.8) is 0 Å². The van der Waals surface area contributed by atoms with Gasteiger partial charge in [-0.2, -0.15) is 0 Å². The highest BCUT2D eigenvalue weighted by molar-refractivity contribution is 6.09. The number of alkyl halides is 2. The van der Waals surface area contributed by atoms with Crippen LogP contribution in [0.2, 0.25) is 0 Å². The van der Waals surface area contributed by atoms with Crippen LogP contribution < -0.4 is 5.32 Å². The molecule has 1 aliphatic carbocycles. The predicted molar refractivity (Wildman–Crippen MR) is 104 cm³/mol. The molecule has 3 aromatic rings. The van der Waals surface area contributed by atoms with Crippen LogP contribution >= 0.6 is 0 Å². The number of hydrogen-bond acceptors (Lipinski definition) is 2. The second-order valence-electron chi connectivity index (χ2n) is 8.63. The Morgan fingerprint density at radius 3 is 2.42 bits per heavy atom. The van der Waals surface area contributed by atoms with Gasteiger partial charge in [-0.25, -0.2) is 22.0 Å². The lowest BCUT2D eigenvalue weighted by atomic mass is 9.61. The van der Waals surface area contributed by atoms with Gasteiger partial charge in [0, 0.05) is 66.7 Å². The van der Waals surface area contributed by atoms with Gasteiger partial charge in [0.15, 0.2) is 11.6 Å². The van der Waals surface area contributed by atoms with E-state index in [9.17, 15) is 26.7 Å². The number of H-pyrrole nitrogens is 1. The summed E-state index contributed by atoms with van der Waals surface area (Å²) in [7, 11) is 0. The van der Waals surface area contributed by atoms with Crippen molar-refractivity contribution < 1.29 is 26.7 Å². The van der Waals surface area contributed by atoms with Crippen LogP contribution in [-0.2, 0) is 6.54 Å². The summed E-state index contributed by atoms with van der Waals surface area (Å²) in [5.41, 5.74) is 0.666. The molecule has 1 spiro atoms. The first-order valence-electron chi connectivity index (χ1n) is 9.79. The highest BCUT2D eigenvalue weighted by Crippen LogP contribution is 2.56. The Balaban J connectivity index is 1.25. The van der Waals surface area contributed by atoms with Gasteiger partial charge in [0.25, 0.3) is 5.91 Å². The Kier molecular flexibility index (Phi) is 4.37. The summed E-state index contributed by atoms with van der Waals surface area (Å²) in [6.45, 7) is 1.32. The number of aromatic nitrogens is 1. The van der Waals surface area contributed by atoms with Crippen molar-refractivity contribution in [2.75, 3.05) is 18.4 Å². The molecule has 0 unspecified atom stereocenters. The number of halogens is 5. The molecule has 2 N–H and O–H groups in total. The molecule has 9 heteroatoms. The maximum Gasteiger partial charge on any atom is 0.255 e. The second kappa shape index (κ2) is 6.78. The van der Waals surface area contributed by atoms with Gasteiger partial charge in [0.05, 0.1) is 11.2 Å².